The molecule has 10 heteroatoms. The summed E-state index contributed by atoms with van der Waals surface area (Å²) in [6.07, 6.45) is -1.57. The Morgan fingerprint density at radius 1 is 0.732 bits per heavy atom. The molecule has 0 bridgehead atoms. The standard InChI is InChI=1S/C31H30O10/c1-15-16(2)26(41-31(33)18-9-7-6-8-10-18)20-12-22-28(39-14-37-22)30(35-5)24(20)23-19(25(15)40-17(3)32)11-21-27(29(23)34-4)38-13-36-21/h6-12,15-16,25-26H,13-14H2,1-5H3/t15-,16+,25+,26-/m1/s1. The van der Waals surface area contributed by atoms with Crippen LogP contribution in [-0.2, 0) is 14.3 Å². The Kier molecular flexibility index (Phi) is 6.76. The van der Waals surface area contributed by atoms with Crippen molar-refractivity contribution >= 4 is 11.9 Å². The predicted octanol–water partition coefficient (Wildman–Crippen LogP) is 5.62. The molecule has 41 heavy (non-hydrogen) atoms. The van der Waals surface area contributed by atoms with Gasteiger partial charge in [0.1, 0.15) is 12.2 Å². The van der Waals surface area contributed by atoms with Crippen molar-refractivity contribution in [3.8, 4) is 45.6 Å². The van der Waals surface area contributed by atoms with E-state index < -0.39 is 24.1 Å². The van der Waals surface area contributed by atoms with E-state index in [0.29, 0.717) is 62.3 Å². The average molecular weight is 563 g/mol. The van der Waals surface area contributed by atoms with Crippen LogP contribution < -0.4 is 28.4 Å². The Morgan fingerprint density at radius 2 is 1.22 bits per heavy atom. The Bertz CT molecular complexity index is 1520. The molecule has 1 aliphatic carbocycles. The molecule has 0 saturated heterocycles. The summed E-state index contributed by atoms with van der Waals surface area (Å²) in [5.41, 5.74) is 2.75. The third kappa shape index (κ3) is 4.34. The molecule has 0 spiro atoms. The number of methoxy groups -OCH3 is 2. The topological polar surface area (TPSA) is 108 Å². The summed E-state index contributed by atoms with van der Waals surface area (Å²) in [5.74, 6) is 0.797. The Labute approximate surface area is 237 Å². The highest BCUT2D eigenvalue weighted by Gasteiger charge is 2.45. The van der Waals surface area contributed by atoms with Crippen molar-refractivity contribution in [2.75, 3.05) is 27.8 Å². The molecule has 3 aliphatic rings. The van der Waals surface area contributed by atoms with Crippen LogP contribution in [0.25, 0.3) is 11.1 Å². The summed E-state index contributed by atoms with van der Waals surface area (Å²) in [7, 11) is 3.05. The van der Waals surface area contributed by atoms with E-state index in [9.17, 15) is 9.59 Å². The number of benzene rings is 3. The summed E-state index contributed by atoms with van der Waals surface area (Å²) >= 11 is 0. The molecule has 0 unspecified atom stereocenters. The van der Waals surface area contributed by atoms with Crippen molar-refractivity contribution in [1.29, 1.82) is 0 Å². The van der Waals surface area contributed by atoms with Crippen LogP contribution in [-0.4, -0.2) is 39.7 Å². The second-order valence-electron chi connectivity index (χ2n) is 10.2. The lowest BCUT2D eigenvalue weighted by Crippen LogP contribution is -2.31. The largest absolute Gasteiger partial charge is 0.492 e. The van der Waals surface area contributed by atoms with E-state index in [-0.39, 0.29) is 25.4 Å². The van der Waals surface area contributed by atoms with Crippen LogP contribution in [0.1, 0.15) is 54.5 Å². The van der Waals surface area contributed by atoms with Gasteiger partial charge in [-0.25, -0.2) is 4.79 Å². The molecule has 2 aliphatic heterocycles. The summed E-state index contributed by atoms with van der Waals surface area (Å²) in [4.78, 5) is 26.0. The van der Waals surface area contributed by atoms with Crippen molar-refractivity contribution in [2.24, 2.45) is 11.8 Å². The molecule has 0 aromatic heterocycles. The van der Waals surface area contributed by atoms with Gasteiger partial charge in [0.05, 0.1) is 19.8 Å². The van der Waals surface area contributed by atoms with E-state index in [1.165, 1.54) is 21.1 Å². The van der Waals surface area contributed by atoms with Gasteiger partial charge in [-0.1, -0.05) is 32.0 Å². The summed E-state index contributed by atoms with van der Waals surface area (Å²) in [6, 6.07) is 12.4. The summed E-state index contributed by atoms with van der Waals surface area (Å²) in [6.45, 7) is 5.27. The third-order valence-electron chi connectivity index (χ3n) is 7.89. The van der Waals surface area contributed by atoms with Gasteiger partial charge < -0.3 is 37.9 Å². The molecule has 2 heterocycles. The van der Waals surface area contributed by atoms with E-state index in [4.69, 9.17) is 37.9 Å². The highest BCUT2D eigenvalue weighted by Crippen LogP contribution is 2.61. The van der Waals surface area contributed by atoms with Crippen molar-refractivity contribution in [3.63, 3.8) is 0 Å². The summed E-state index contributed by atoms with van der Waals surface area (Å²) < 4.78 is 47.4. The number of esters is 2. The minimum absolute atomic E-state index is 0.00121. The number of hydrogen-bond acceptors (Lipinski definition) is 10. The minimum atomic E-state index is -0.808. The molecule has 3 aromatic carbocycles. The average Bonchev–Trinajstić information content (AvgIpc) is 3.65. The Balaban J connectivity index is 1.68. The van der Waals surface area contributed by atoms with Gasteiger partial charge >= 0.3 is 11.9 Å². The molecule has 4 atom stereocenters. The summed E-state index contributed by atoms with van der Waals surface area (Å²) in [5, 5.41) is 0. The molecular weight excluding hydrogens is 532 g/mol. The van der Waals surface area contributed by atoms with E-state index in [1.807, 2.05) is 26.0 Å². The normalized spacial score (nSPS) is 21.6. The second kappa shape index (κ2) is 10.4. The van der Waals surface area contributed by atoms with Crippen LogP contribution in [0.15, 0.2) is 42.5 Å². The monoisotopic (exact) mass is 562 g/mol. The molecule has 214 valence electrons. The molecule has 0 amide bonds. The molecule has 10 nitrogen and oxygen atoms in total. The zero-order valence-electron chi connectivity index (χ0n) is 23.3. The minimum Gasteiger partial charge on any atom is -0.492 e. The number of carbonyl (C=O) groups excluding carboxylic acids is 2. The maximum atomic E-state index is 13.5. The number of carbonyl (C=O) groups is 2. The van der Waals surface area contributed by atoms with Gasteiger partial charge in [-0.15, -0.1) is 0 Å². The van der Waals surface area contributed by atoms with E-state index >= 15 is 0 Å². The van der Waals surface area contributed by atoms with Gasteiger partial charge in [0.15, 0.2) is 23.0 Å². The van der Waals surface area contributed by atoms with Gasteiger partial charge in [0.25, 0.3) is 0 Å². The SMILES string of the molecule is COc1c2c(cc3c1-c1c(cc4c(c1OC)OCO4)[C@H](OC(=O)c1ccccc1)[C@@H](C)[C@@H](C)[C@@H]3OC(C)=O)OCO2. The van der Waals surface area contributed by atoms with Crippen LogP contribution in [0.5, 0.6) is 34.5 Å². The van der Waals surface area contributed by atoms with E-state index in [2.05, 4.69) is 0 Å². The highest BCUT2D eigenvalue weighted by molar-refractivity contribution is 5.91. The molecule has 3 aromatic rings. The third-order valence-corrected chi connectivity index (χ3v) is 7.89. The smallest absolute Gasteiger partial charge is 0.338 e. The number of ether oxygens (including phenoxy) is 8. The maximum absolute atomic E-state index is 13.5. The van der Waals surface area contributed by atoms with Crippen LogP contribution in [0, 0.1) is 11.8 Å². The first-order valence-electron chi connectivity index (χ1n) is 13.3. The van der Waals surface area contributed by atoms with Gasteiger partial charge in [-0.3, -0.25) is 4.79 Å². The maximum Gasteiger partial charge on any atom is 0.338 e. The van der Waals surface area contributed by atoms with E-state index in [0.717, 1.165) is 0 Å². The lowest BCUT2D eigenvalue weighted by molar-refractivity contribution is -0.151. The van der Waals surface area contributed by atoms with Gasteiger partial charge in [-0.2, -0.15) is 0 Å². The van der Waals surface area contributed by atoms with Crippen molar-refractivity contribution in [3.05, 3.63) is 59.2 Å². The molecule has 0 radical (unpaired) electrons. The van der Waals surface area contributed by atoms with Crippen LogP contribution in [0.3, 0.4) is 0 Å². The quantitative estimate of drug-likeness (QED) is 0.364. The first-order chi connectivity index (χ1) is 19.8. The van der Waals surface area contributed by atoms with Crippen molar-refractivity contribution in [2.45, 2.75) is 33.0 Å². The first-order valence-corrected chi connectivity index (χ1v) is 13.3. The van der Waals surface area contributed by atoms with Crippen LogP contribution >= 0.6 is 0 Å². The fourth-order valence-corrected chi connectivity index (χ4v) is 5.81. The number of rotatable bonds is 5. The predicted molar refractivity (Wildman–Crippen MR) is 145 cm³/mol. The lowest BCUT2D eigenvalue weighted by atomic mass is 9.74. The van der Waals surface area contributed by atoms with E-state index in [1.54, 1.807) is 30.3 Å². The molecular formula is C31H30O10. The molecule has 6 rings (SSSR count). The zero-order chi connectivity index (χ0) is 28.8. The molecule has 0 saturated carbocycles. The van der Waals surface area contributed by atoms with Gasteiger partial charge in [-0.05, 0) is 24.3 Å². The lowest BCUT2D eigenvalue weighted by Gasteiger charge is -2.38. The van der Waals surface area contributed by atoms with Crippen molar-refractivity contribution in [1.82, 2.24) is 0 Å². The second-order valence-corrected chi connectivity index (χ2v) is 10.2. The van der Waals surface area contributed by atoms with Crippen LogP contribution in [0.4, 0.5) is 0 Å². The van der Waals surface area contributed by atoms with Gasteiger partial charge in [0.2, 0.25) is 25.1 Å². The zero-order valence-corrected chi connectivity index (χ0v) is 23.3. The van der Waals surface area contributed by atoms with Crippen molar-refractivity contribution < 1.29 is 47.5 Å². The fourth-order valence-electron chi connectivity index (χ4n) is 5.81. The van der Waals surface area contributed by atoms with Crippen LogP contribution in [0.2, 0.25) is 0 Å². The molecule has 0 fully saturated rings. The first kappa shape index (κ1) is 26.6. The number of fused-ring (bicyclic) bond motifs is 5. The fraction of sp³-hybridized carbons (Fsp3) is 0.355. The Morgan fingerprint density at radius 3 is 1.68 bits per heavy atom. The highest BCUT2D eigenvalue weighted by atomic mass is 16.7. The Hall–Kier alpha value is -4.60. The van der Waals surface area contributed by atoms with Gasteiger partial charge in [0, 0.05) is 41.0 Å². The number of hydrogen-bond donors (Lipinski definition) is 0. The molecule has 0 N–H and O–H groups in total.